The lowest BCUT2D eigenvalue weighted by atomic mass is 9.86. The highest BCUT2D eigenvalue weighted by Gasteiger charge is 2.20. The number of halogens is 2. The number of hydrogen-bond acceptors (Lipinski definition) is 1. The number of ether oxygens (including phenoxy) is 1. The van der Waals surface area contributed by atoms with Crippen LogP contribution in [0.25, 0.3) is 0 Å². The summed E-state index contributed by atoms with van der Waals surface area (Å²) in [6, 6.07) is 12.6. The molecule has 0 aromatic heterocycles. The topological polar surface area (TPSA) is 9.23 Å². The maximum Gasteiger partial charge on any atom is 0.141 e. The average molecular weight is 412 g/mol. The molecule has 0 aliphatic heterocycles. The molecule has 0 radical (unpaired) electrons. The summed E-state index contributed by atoms with van der Waals surface area (Å²) in [6.07, 6.45) is 0. The average Bonchev–Trinajstić information content (AvgIpc) is 2.39. The van der Waals surface area contributed by atoms with E-state index >= 15 is 0 Å². The highest BCUT2D eigenvalue weighted by Crippen LogP contribution is 2.37. The van der Waals surface area contributed by atoms with E-state index in [0.29, 0.717) is 0 Å². The third kappa shape index (κ3) is 4.10. The van der Waals surface area contributed by atoms with E-state index in [1.54, 1.807) is 0 Å². The van der Waals surface area contributed by atoms with E-state index in [9.17, 15) is 0 Å². The molecule has 2 aromatic rings. The molecule has 0 fully saturated rings. The van der Waals surface area contributed by atoms with E-state index in [1.165, 1.54) is 16.7 Å². The molecule has 0 spiro atoms. The summed E-state index contributed by atoms with van der Waals surface area (Å²) in [6.45, 7) is 8.69. The first-order valence-corrected chi connectivity index (χ1v) is 8.86. The molecule has 21 heavy (non-hydrogen) atoms. The van der Waals surface area contributed by atoms with Crippen LogP contribution in [0.5, 0.6) is 11.5 Å². The molecule has 0 aliphatic carbocycles. The third-order valence-corrected chi connectivity index (χ3v) is 4.58. The first-order chi connectivity index (χ1) is 9.81. The molecule has 0 atom stereocenters. The minimum atomic E-state index is 0.0469. The summed E-state index contributed by atoms with van der Waals surface area (Å²) >= 11 is 7.06. The van der Waals surface area contributed by atoms with Gasteiger partial charge in [-0.3, -0.25) is 0 Å². The van der Waals surface area contributed by atoms with E-state index < -0.39 is 0 Å². The highest BCUT2D eigenvalue weighted by atomic mass is 79.9. The van der Waals surface area contributed by atoms with Gasteiger partial charge in [-0.2, -0.15) is 0 Å². The summed E-state index contributed by atoms with van der Waals surface area (Å²) < 4.78 is 7.16. The summed E-state index contributed by atoms with van der Waals surface area (Å²) in [5.74, 6) is 1.77. The summed E-state index contributed by atoms with van der Waals surface area (Å²) in [5.41, 5.74) is 3.68. The molecule has 112 valence electrons. The second kappa shape index (κ2) is 6.53. The maximum atomic E-state index is 6.18. The van der Waals surface area contributed by atoms with Crippen molar-refractivity contribution in [3.63, 3.8) is 0 Å². The smallest absolute Gasteiger partial charge is 0.141 e. The van der Waals surface area contributed by atoms with Gasteiger partial charge in [0.25, 0.3) is 0 Å². The Labute approximate surface area is 144 Å². The lowest BCUT2D eigenvalue weighted by molar-refractivity contribution is 0.452. The molecule has 2 aromatic carbocycles. The van der Waals surface area contributed by atoms with Crippen LogP contribution in [0, 0.1) is 6.92 Å². The lowest BCUT2D eigenvalue weighted by Crippen LogP contribution is -2.12. The van der Waals surface area contributed by atoms with Crippen LogP contribution in [0.1, 0.15) is 37.5 Å². The highest BCUT2D eigenvalue weighted by molar-refractivity contribution is 9.10. The van der Waals surface area contributed by atoms with E-state index in [4.69, 9.17) is 4.74 Å². The fraction of sp³-hybridized carbons (Fsp3) is 0.333. The van der Waals surface area contributed by atoms with Crippen LogP contribution >= 0.6 is 31.9 Å². The van der Waals surface area contributed by atoms with Crippen molar-refractivity contribution in [3.8, 4) is 11.5 Å². The lowest BCUT2D eigenvalue weighted by Gasteiger charge is -2.23. The van der Waals surface area contributed by atoms with Crippen molar-refractivity contribution in [2.24, 2.45) is 0 Å². The fourth-order valence-electron chi connectivity index (χ4n) is 2.16. The quantitative estimate of drug-likeness (QED) is 0.508. The molecule has 2 rings (SSSR count). The van der Waals surface area contributed by atoms with Gasteiger partial charge in [0.1, 0.15) is 11.5 Å². The van der Waals surface area contributed by atoms with E-state index in [0.717, 1.165) is 21.3 Å². The molecule has 3 heteroatoms. The van der Waals surface area contributed by atoms with Crippen LogP contribution in [-0.4, -0.2) is 0 Å². The molecule has 0 aliphatic rings. The van der Waals surface area contributed by atoms with Crippen molar-refractivity contribution in [3.05, 3.63) is 57.6 Å². The SMILES string of the molecule is Cc1ccc(C(C)(C)C)c(Oc2ccc(CBr)cc2Br)c1. The minimum Gasteiger partial charge on any atom is -0.456 e. The zero-order chi connectivity index (χ0) is 15.6. The third-order valence-electron chi connectivity index (χ3n) is 3.32. The molecule has 0 saturated carbocycles. The van der Waals surface area contributed by atoms with E-state index in [2.05, 4.69) is 89.9 Å². The predicted octanol–water partition coefficient (Wildman–Crippen LogP) is 6.74. The molecule has 1 nitrogen and oxygen atoms in total. The Kier molecular flexibility index (Phi) is 5.15. The Hall–Kier alpha value is -0.800. The van der Waals surface area contributed by atoms with Gasteiger partial charge in [0.15, 0.2) is 0 Å². The van der Waals surface area contributed by atoms with Crippen molar-refractivity contribution in [1.29, 1.82) is 0 Å². The number of hydrogen-bond donors (Lipinski definition) is 0. The Morgan fingerprint density at radius 3 is 2.29 bits per heavy atom. The zero-order valence-electron chi connectivity index (χ0n) is 12.8. The molecule has 0 amide bonds. The largest absolute Gasteiger partial charge is 0.456 e. The van der Waals surface area contributed by atoms with Crippen molar-refractivity contribution >= 4 is 31.9 Å². The molecule has 0 N–H and O–H groups in total. The fourth-order valence-corrected chi connectivity index (χ4v) is 3.02. The van der Waals surface area contributed by atoms with Gasteiger partial charge in [-0.05, 0) is 57.6 Å². The number of alkyl halides is 1. The maximum absolute atomic E-state index is 6.18. The van der Waals surface area contributed by atoms with Gasteiger partial charge in [0.05, 0.1) is 4.47 Å². The van der Waals surface area contributed by atoms with Crippen molar-refractivity contribution in [2.75, 3.05) is 0 Å². The Balaban J connectivity index is 2.41. The molecule has 0 unspecified atom stereocenters. The van der Waals surface area contributed by atoms with Crippen LogP contribution < -0.4 is 4.74 Å². The van der Waals surface area contributed by atoms with Gasteiger partial charge in [0, 0.05) is 10.9 Å². The summed E-state index contributed by atoms with van der Waals surface area (Å²) in [4.78, 5) is 0. The van der Waals surface area contributed by atoms with E-state index in [-0.39, 0.29) is 5.41 Å². The first kappa shape index (κ1) is 16.6. The van der Waals surface area contributed by atoms with E-state index in [1.807, 2.05) is 6.07 Å². The van der Waals surface area contributed by atoms with Crippen LogP contribution in [0.2, 0.25) is 0 Å². The molecular weight excluding hydrogens is 392 g/mol. The van der Waals surface area contributed by atoms with Gasteiger partial charge in [-0.25, -0.2) is 0 Å². The first-order valence-electron chi connectivity index (χ1n) is 6.94. The molecule has 0 heterocycles. The molecule has 0 saturated heterocycles. The number of benzene rings is 2. The van der Waals surface area contributed by atoms with Crippen LogP contribution in [0.4, 0.5) is 0 Å². The van der Waals surface area contributed by atoms with Crippen LogP contribution in [0.15, 0.2) is 40.9 Å². The van der Waals surface area contributed by atoms with Gasteiger partial charge < -0.3 is 4.74 Å². The Morgan fingerprint density at radius 2 is 1.71 bits per heavy atom. The van der Waals surface area contributed by atoms with Gasteiger partial charge in [-0.15, -0.1) is 0 Å². The number of rotatable bonds is 3. The van der Waals surface area contributed by atoms with Crippen molar-refractivity contribution in [1.82, 2.24) is 0 Å². The summed E-state index contributed by atoms with van der Waals surface area (Å²) in [7, 11) is 0. The molecular formula is C18H20Br2O. The second-order valence-electron chi connectivity index (χ2n) is 6.25. The minimum absolute atomic E-state index is 0.0469. The Bertz CT molecular complexity index is 642. The summed E-state index contributed by atoms with van der Waals surface area (Å²) in [5, 5.41) is 0.837. The zero-order valence-corrected chi connectivity index (χ0v) is 16.0. The second-order valence-corrected chi connectivity index (χ2v) is 7.67. The van der Waals surface area contributed by atoms with Gasteiger partial charge >= 0.3 is 0 Å². The van der Waals surface area contributed by atoms with Crippen LogP contribution in [-0.2, 0) is 10.7 Å². The van der Waals surface area contributed by atoms with Crippen LogP contribution in [0.3, 0.4) is 0 Å². The number of aryl methyl sites for hydroxylation is 1. The standard InChI is InChI=1S/C18H20Br2O/c1-12-5-7-14(18(2,3)4)17(9-12)21-16-8-6-13(11-19)10-15(16)20/h5-10H,11H2,1-4H3. The monoisotopic (exact) mass is 410 g/mol. The van der Waals surface area contributed by atoms with Gasteiger partial charge in [-0.1, -0.05) is 54.9 Å². The normalized spacial score (nSPS) is 11.5. The Morgan fingerprint density at radius 1 is 1.00 bits per heavy atom. The predicted molar refractivity (Wildman–Crippen MR) is 96.7 cm³/mol. The van der Waals surface area contributed by atoms with Gasteiger partial charge in [0.2, 0.25) is 0 Å². The van der Waals surface area contributed by atoms with Crippen molar-refractivity contribution < 1.29 is 4.74 Å². The molecule has 0 bridgehead atoms. The van der Waals surface area contributed by atoms with Crippen molar-refractivity contribution in [2.45, 2.75) is 38.4 Å².